The van der Waals surface area contributed by atoms with Crippen molar-refractivity contribution in [2.45, 2.75) is 186 Å². The number of benzene rings is 7. The highest BCUT2D eigenvalue weighted by molar-refractivity contribution is 5.62. The van der Waals surface area contributed by atoms with E-state index in [9.17, 15) is 9.59 Å². The molecule has 0 unspecified atom stereocenters. The van der Waals surface area contributed by atoms with Crippen LogP contribution in [0.4, 0.5) is 34.5 Å². The van der Waals surface area contributed by atoms with Crippen LogP contribution in [0.5, 0.6) is 11.6 Å². The number of nitrogens with one attached hydrogen (secondary N) is 3. The lowest BCUT2D eigenvalue weighted by Crippen LogP contribution is -2.42. The SMILES string of the molecule is COc1ccc(COc2cc(N3CCOCC3)cc(N3[C@@H](C)[C@H]4C[C@H]4[C@@H]3Cc3ccccc3)n2)cc1.C[C@@H]1C[C@@H](Cc2ccccc2)[C@@H]2C[C@@H]21.C[C@@H]1N[C@@H](Cc2ccccc2)[C@@H]2C[C@@H]21.C[C@@H]1[C@@H]2C[C@@H]2[C@@H](Cc2ccccc2)N1c1cc(N2CCOCC2)cc(=O)[nH]1.C[C@H]1[C@H]2C[C@H]2[C@H](Cc2ccccc2)N1c1cc(N2CCOCC2)cc(=O)[nH]1.c1ccc(C[C@@H]2CC[C@H]3C[C@@H]23)cc1. The maximum Gasteiger partial charge on any atom is 0.251 e. The smallest absolute Gasteiger partial charge is 0.251 e. The van der Waals surface area contributed by atoms with Crippen LogP contribution in [-0.2, 0) is 59.3 Å². The molecule has 688 valence electrons. The lowest BCUT2D eigenvalue weighted by atomic mass is 9.92. The Morgan fingerprint density at radius 1 is 0.359 bits per heavy atom. The van der Waals surface area contributed by atoms with Crippen molar-refractivity contribution in [3.63, 3.8) is 0 Å². The maximum atomic E-state index is 12.4. The van der Waals surface area contributed by atoms with Gasteiger partial charge < -0.3 is 68.4 Å². The van der Waals surface area contributed by atoms with Gasteiger partial charge in [-0.25, -0.2) is 0 Å². The zero-order valence-corrected chi connectivity index (χ0v) is 78.2. The van der Waals surface area contributed by atoms with Crippen LogP contribution < -0.4 is 55.3 Å². The largest absolute Gasteiger partial charge is 0.497 e. The van der Waals surface area contributed by atoms with Crippen LogP contribution >= 0.6 is 0 Å². The molecule has 15 fully saturated rings. The number of piperidine rings is 4. The molecular formula is C114H140N10O7. The van der Waals surface area contributed by atoms with E-state index in [-0.39, 0.29) is 11.1 Å². The highest BCUT2D eigenvalue weighted by atomic mass is 16.5. The molecule has 23 atom stereocenters. The summed E-state index contributed by atoms with van der Waals surface area (Å²) in [6.07, 6.45) is 20.0. The first kappa shape index (κ1) is 88.7. The number of pyridine rings is 3. The van der Waals surface area contributed by atoms with Crippen molar-refractivity contribution in [3.05, 3.63) is 302 Å². The summed E-state index contributed by atoms with van der Waals surface area (Å²) in [5, 5.41) is 3.70. The Morgan fingerprint density at radius 2 is 0.756 bits per heavy atom. The minimum absolute atomic E-state index is 0.0137. The molecule has 17 heteroatoms. The first-order chi connectivity index (χ1) is 64.2. The fourth-order valence-electron chi connectivity index (χ4n) is 25.6. The molecule has 25 rings (SSSR count). The predicted octanol–water partition coefficient (Wildman–Crippen LogP) is 19.3. The van der Waals surface area contributed by atoms with Gasteiger partial charge in [0.25, 0.3) is 11.1 Å². The monoisotopic (exact) mass is 1760 g/mol. The quantitative estimate of drug-likeness (QED) is 0.0589. The molecule has 7 aromatic carbocycles. The van der Waals surface area contributed by atoms with Crippen LogP contribution in [0, 0.1) is 88.8 Å². The van der Waals surface area contributed by atoms with Crippen LogP contribution in [0.15, 0.2) is 252 Å². The van der Waals surface area contributed by atoms with Crippen LogP contribution in [0.25, 0.3) is 0 Å². The molecule has 0 bridgehead atoms. The summed E-state index contributed by atoms with van der Waals surface area (Å²) < 4.78 is 28.1. The number of aromatic amines is 2. The number of nitrogens with zero attached hydrogens (tertiary/aromatic N) is 7. The Balaban J connectivity index is 0.000000102. The lowest BCUT2D eigenvalue weighted by Gasteiger charge is -2.35. The van der Waals surface area contributed by atoms with E-state index in [0.717, 1.165) is 239 Å². The third kappa shape index (κ3) is 21.2. The van der Waals surface area contributed by atoms with Crippen LogP contribution in [0.2, 0.25) is 0 Å². The number of aromatic nitrogens is 3. The van der Waals surface area contributed by atoms with Crippen molar-refractivity contribution in [1.82, 2.24) is 20.3 Å². The van der Waals surface area contributed by atoms with E-state index >= 15 is 0 Å². The fraction of sp³-hybridized carbons (Fsp3) is 0.500. The van der Waals surface area contributed by atoms with E-state index in [2.05, 4.69) is 286 Å². The molecule has 17 nitrogen and oxygen atoms in total. The third-order valence-corrected chi connectivity index (χ3v) is 33.1. The van der Waals surface area contributed by atoms with Gasteiger partial charge in [0.15, 0.2) is 0 Å². The van der Waals surface area contributed by atoms with Gasteiger partial charge in [0.2, 0.25) is 5.88 Å². The molecule has 131 heavy (non-hydrogen) atoms. The summed E-state index contributed by atoms with van der Waals surface area (Å²) in [5.74, 6) is 18.5. The Kier molecular flexibility index (Phi) is 27.3. The standard InChI is InChI=1S/C30H35N3O3.2C22H27N3O2.C14H18.C13H17N.C13H16/c1-21-26-19-27(26)28(16-22-6-4-3-5-7-22)33(21)29-17-24(32-12-14-35-15-13-32)18-30(31-29)36-20-23-8-10-25(34-2)11-9-23;2*1-15-18-14-19(18)20(11-16-5-3-2-4-6-16)25(15)21-12-17(13-22(26)23-21)24-7-9-27-10-8-24;1-10-7-12(14-9-13(10)14)8-11-5-3-2-4-6-11;1-9-11-8-12(11)13(14-9)7-10-5-3-2-4-6-10;1-2-4-10(5-3-1)8-11-6-7-12-9-13(11)12/h3-11,17-18,21,26-28H,12-16,19-20H2,1-2H3;2*2-6,12-13,15,18-20H,7-11,14H2,1H3,(H,23,26);2-6,10,12-14H,7-9H2,1H3;2-6,9,11-14H,7-8H2,1H3;1-5,11-13H,6-9H2/t21-,26+,27+,28-;2*15-,18+,19+,20-;10-,12+,13-,14+;9-,11+,12+,13-;11-,12-,13-/m010100/s1. The van der Waals surface area contributed by atoms with Gasteiger partial charge in [0, 0.05) is 141 Å². The van der Waals surface area contributed by atoms with Crippen molar-refractivity contribution < 1.29 is 23.7 Å². The van der Waals surface area contributed by atoms with Gasteiger partial charge in [-0.15, -0.1) is 0 Å². The average molecular weight is 1760 g/mol. The normalized spacial score (nSPS) is 31.1. The maximum absolute atomic E-state index is 12.4. The molecule has 8 saturated carbocycles. The van der Waals surface area contributed by atoms with Crippen LogP contribution in [-0.4, -0.2) is 149 Å². The van der Waals surface area contributed by atoms with E-state index in [4.69, 9.17) is 28.7 Å². The molecular weight excluding hydrogens is 1620 g/mol. The Hall–Kier alpha value is -10.2. The van der Waals surface area contributed by atoms with Gasteiger partial charge in [-0.05, 0) is 264 Å². The summed E-state index contributed by atoms with van der Waals surface area (Å²) in [6.45, 7) is 21.8. The van der Waals surface area contributed by atoms with Crippen molar-refractivity contribution in [1.29, 1.82) is 0 Å². The van der Waals surface area contributed by atoms with Crippen molar-refractivity contribution in [2.24, 2.45) is 88.8 Å². The zero-order valence-electron chi connectivity index (χ0n) is 78.2. The highest BCUT2D eigenvalue weighted by Gasteiger charge is 2.60. The lowest BCUT2D eigenvalue weighted by molar-refractivity contribution is 0.122. The number of morpholine rings is 3. The first-order valence-electron chi connectivity index (χ1n) is 50.3. The molecule has 10 heterocycles. The summed E-state index contributed by atoms with van der Waals surface area (Å²) in [7, 11) is 1.68. The first-order valence-corrected chi connectivity index (χ1v) is 50.3. The minimum atomic E-state index is -0.0137. The van der Waals surface area contributed by atoms with E-state index in [0.29, 0.717) is 48.7 Å². The highest BCUT2D eigenvalue weighted by Crippen LogP contribution is 2.61. The number of anilines is 6. The van der Waals surface area contributed by atoms with Gasteiger partial charge in [0.1, 0.15) is 29.8 Å². The molecule has 3 N–H and O–H groups in total. The molecule has 8 aliphatic carbocycles. The Bertz CT molecular complexity index is 5250. The van der Waals surface area contributed by atoms with Crippen molar-refractivity contribution >= 4 is 34.5 Å². The molecule has 15 aliphatic rings. The number of rotatable bonds is 22. The predicted molar refractivity (Wildman–Crippen MR) is 529 cm³/mol. The number of hydrogen-bond acceptors (Lipinski definition) is 15. The Morgan fingerprint density at radius 3 is 1.14 bits per heavy atom. The third-order valence-electron chi connectivity index (χ3n) is 33.1. The number of fused-ring (bicyclic) bond motifs is 6. The number of H-pyrrole nitrogens is 2. The van der Waals surface area contributed by atoms with Crippen LogP contribution in [0.1, 0.15) is 131 Å². The second-order valence-corrected chi connectivity index (χ2v) is 41.3. The topological polar surface area (TPSA) is 156 Å². The second kappa shape index (κ2) is 40.3. The fourth-order valence-corrected chi connectivity index (χ4v) is 25.6. The van der Waals surface area contributed by atoms with Gasteiger partial charge >= 0.3 is 0 Å². The molecule has 0 radical (unpaired) electrons. The summed E-state index contributed by atoms with van der Waals surface area (Å²) >= 11 is 0. The summed E-state index contributed by atoms with van der Waals surface area (Å²) in [5.41, 5.74) is 13.0. The van der Waals surface area contributed by atoms with E-state index < -0.39 is 0 Å². The number of ether oxygens (including phenoxy) is 5. The average Bonchev–Trinajstić information content (AvgIpc) is 1.56. The van der Waals surface area contributed by atoms with E-state index in [1.807, 2.05) is 24.3 Å². The second-order valence-electron chi connectivity index (χ2n) is 41.3. The Labute approximate surface area is 777 Å². The number of hydrogen-bond donors (Lipinski definition) is 3. The van der Waals surface area contributed by atoms with Gasteiger partial charge in [0.05, 0.1) is 46.8 Å². The van der Waals surface area contributed by atoms with E-state index in [1.165, 1.54) is 111 Å². The van der Waals surface area contributed by atoms with Crippen LogP contribution in [0.3, 0.4) is 0 Å². The van der Waals surface area contributed by atoms with Crippen molar-refractivity contribution in [2.75, 3.05) is 115 Å². The van der Waals surface area contributed by atoms with Gasteiger partial charge in [-0.3, -0.25) is 9.59 Å². The van der Waals surface area contributed by atoms with E-state index in [1.54, 1.807) is 24.8 Å². The molecule has 0 spiro atoms. The number of methoxy groups -OCH3 is 1. The summed E-state index contributed by atoms with van der Waals surface area (Å²) in [6, 6.07) is 89.6. The molecule has 0 amide bonds. The molecule has 3 aromatic heterocycles. The zero-order chi connectivity index (χ0) is 89.0. The van der Waals surface area contributed by atoms with Crippen molar-refractivity contribution in [3.8, 4) is 11.6 Å². The molecule has 7 saturated heterocycles. The van der Waals surface area contributed by atoms with Gasteiger partial charge in [-0.2, -0.15) is 4.98 Å². The summed E-state index contributed by atoms with van der Waals surface area (Å²) in [4.78, 5) is 50.7. The molecule has 10 aromatic rings. The molecule has 7 aliphatic heterocycles. The minimum Gasteiger partial charge on any atom is -0.497 e. The van der Waals surface area contributed by atoms with Gasteiger partial charge in [-0.1, -0.05) is 201 Å².